The van der Waals surface area contributed by atoms with Crippen LogP contribution in [0.4, 0.5) is 5.69 Å². The van der Waals surface area contributed by atoms with E-state index in [9.17, 15) is 13.5 Å². The van der Waals surface area contributed by atoms with E-state index in [1.165, 1.54) is 37.2 Å². The van der Waals surface area contributed by atoms with Crippen LogP contribution in [0.5, 0.6) is 0 Å². The number of nitrogens with one attached hydrogen (secondary N) is 2. The molecule has 2 aromatic heterocycles. The number of anilines is 1. The van der Waals surface area contributed by atoms with Crippen molar-refractivity contribution in [3.8, 4) is 10.6 Å². The van der Waals surface area contributed by atoms with Crippen LogP contribution < -0.4 is 10.0 Å². The van der Waals surface area contributed by atoms with Gasteiger partial charge in [-0.2, -0.15) is 4.37 Å². The first kappa shape index (κ1) is 28.4. The molecule has 210 valence electrons. The maximum Gasteiger partial charge on any atom is 0.261 e. The summed E-state index contributed by atoms with van der Waals surface area (Å²) < 4.78 is 33.1. The predicted octanol–water partition coefficient (Wildman–Crippen LogP) is 5.39. The van der Waals surface area contributed by atoms with Gasteiger partial charge in [0.25, 0.3) is 10.0 Å². The SMILES string of the molecule is O=S(=O)(Nc1ccc(CCNCC(O)c2cccnc2)cc1)c1ccc(-c2nc(CCC3CCCC3)ns2)cc1. The lowest BCUT2D eigenvalue weighted by Crippen LogP contribution is -2.23. The van der Waals surface area contributed by atoms with E-state index in [4.69, 9.17) is 0 Å². The number of benzene rings is 2. The Balaban J connectivity index is 1.10. The summed E-state index contributed by atoms with van der Waals surface area (Å²) in [6, 6.07) is 17.8. The Morgan fingerprint density at radius 3 is 2.50 bits per heavy atom. The second-order valence-electron chi connectivity index (χ2n) is 10.3. The second kappa shape index (κ2) is 13.5. The molecule has 5 rings (SSSR count). The molecule has 0 spiro atoms. The third-order valence-corrected chi connectivity index (χ3v) is 9.53. The molecule has 8 nitrogen and oxygen atoms in total. The van der Waals surface area contributed by atoms with Crippen molar-refractivity contribution in [3.05, 3.63) is 90.0 Å². The van der Waals surface area contributed by atoms with Crippen LogP contribution in [0.1, 0.15) is 55.2 Å². The molecule has 3 N–H and O–H groups in total. The highest BCUT2D eigenvalue weighted by Crippen LogP contribution is 2.29. The molecule has 4 aromatic rings. The fraction of sp³-hybridized carbons (Fsp3) is 0.367. The van der Waals surface area contributed by atoms with Crippen LogP contribution in [-0.4, -0.2) is 41.0 Å². The fourth-order valence-electron chi connectivity index (χ4n) is 5.00. The van der Waals surface area contributed by atoms with Gasteiger partial charge in [-0.1, -0.05) is 56.0 Å². The first-order valence-corrected chi connectivity index (χ1v) is 16.1. The average Bonchev–Trinajstić information content (AvgIpc) is 3.68. The molecule has 0 radical (unpaired) electrons. The zero-order valence-electron chi connectivity index (χ0n) is 22.4. The predicted molar refractivity (Wildman–Crippen MR) is 159 cm³/mol. The fourth-order valence-corrected chi connectivity index (χ4v) is 6.77. The van der Waals surface area contributed by atoms with Crippen LogP contribution >= 0.6 is 11.5 Å². The molecule has 1 unspecified atom stereocenters. The summed E-state index contributed by atoms with van der Waals surface area (Å²) in [6.45, 7) is 1.12. The standard InChI is InChI=1S/C30H35N5O3S2/c36-28(25-6-3-18-31-20-25)21-32-19-17-23-7-12-26(13-8-23)35-40(37,38)27-14-10-24(11-15-27)30-33-29(34-39-30)16-9-22-4-1-2-5-22/h3,6-8,10-15,18,20,22,28,32,35-36H,1-2,4-5,9,16-17,19,21H2. The monoisotopic (exact) mass is 577 g/mol. The molecule has 1 fully saturated rings. The highest BCUT2D eigenvalue weighted by molar-refractivity contribution is 7.92. The lowest BCUT2D eigenvalue weighted by molar-refractivity contribution is 0.174. The first-order valence-electron chi connectivity index (χ1n) is 13.8. The van der Waals surface area contributed by atoms with Gasteiger partial charge in [0.15, 0.2) is 0 Å². The molecule has 1 saturated carbocycles. The number of hydrogen-bond acceptors (Lipinski definition) is 8. The number of aliphatic hydroxyl groups excluding tert-OH is 1. The Bertz CT molecular complexity index is 1450. The average molecular weight is 578 g/mol. The molecule has 40 heavy (non-hydrogen) atoms. The van der Waals surface area contributed by atoms with E-state index in [2.05, 4.69) is 24.4 Å². The zero-order valence-corrected chi connectivity index (χ0v) is 24.0. The zero-order chi connectivity index (χ0) is 27.8. The minimum absolute atomic E-state index is 0.197. The van der Waals surface area contributed by atoms with Gasteiger partial charge in [0.05, 0.1) is 11.0 Å². The molecular formula is C30H35N5O3S2. The number of aromatic nitrogens is 3. The molecule has 2 aromatic carbocycles. The largest absolute Gasteiger partial charge is 0.387 e. The van der Waals surface area contributed by atoms with Crippen molar-refractivity contribution in [1.82, 2.24) is 19.7 Å². The second-order valence-corrected chi connectivity index (χ2v) is 12.7. The number of aryl methyl sites for hydroxylation is 1. The van der Waals surface area contributed by atoms with Crippen molar-refractivity contribution < 1.29 is 13.5 Å². The highest BCUT2D eigenvalue weighted by Gasteiger charge is 2.17. The van der Waals surface area contributed by atoms with Crippen LogP contribution in [-0.2, 0) is 22.9 Å². The van der Waals surface area contributed by atoms with Crippen LogP contribution in [0.25, 0.3) is 10.6 Å². The van der Waals surface area contributed by atoms with Gasteiger partial charge in [0.2, 0.25) is 0 Å². The van der Waals surface area contributed by atoms with E-state index in [-0.39, 0.29) is 4.90 Å². The van der Waals surface area contributed by atoms with Crippen molar-refractivity contribution in [2.45, 2.75) is 55.9 Å². The Morgan fingerprint density at radius 1 is 1.00 bits per heavy atom. The third kappa shape index (κ3) is 7.72. The van der Waals surface area contributed by atoms with Crippen molar-refractivity contribution in [2.75, 3.05) is 17.8 Å². The molecule has 2 heterocycles. The van der Waals surface area contributed by atoms with Gasteiger partial charge in [0.1, 0.15) is 10.8 Å². The number of rotatable bonds is 13. The first-order chi connectivity index (χ1) is 19.5. The summed E-state index contributed by atoms with van der Waals surface area (Å²) >= 11 is 1.36. The molecule has 0 saturated heterocycles. The summed E-state index contributed by atoms with van der Waals surface area (Å²) in [5.41, 5.74) is 3.22. The van der Waals surface area contributed by atoms with E-state index < -0.39 is 16.1 Å². The maximum absolute atomic E-state index is 13.0. The molecular weight excluding hydrogens is 542 g/mol. The summed E-state index contributed by atoms with van der Waals surface area (Å²) in [5, 5.41) is 14.3. The van der Waals surface area contributed by atoms with Gasteiger partial charge in [-0.05, 0) is 72.7 Å². The smallest absolute Gasteiger partial charge is 0.261 e. The van der Waals surface area contributed by atoms with E-state index in [1.54, 1.807) is 54.9 Å². The number of hydrogen-bond donors (Lipinski definition) is 3. The molecule has 1 aliphatic carbocycles. The molecule has 0 aliphatic heterocycles. The summed E-state index contributed by atoms with van der Waals surface area (Å²) in [4.78, 5) is 8.90. The van der Waals surface area contributed by atoms with Gasteiger partial charge in [-0.15, -0.1) is 0 Å². The minimum atomic E-state index is -3.72. The normalized spacial score (nSPS) is 14.8. The van der Waals surface area contributed by atoms with Crippen LogP contribution in [0, 0.1) is 5.92 Å². The number of nitrogens with zero attached hydrogens (tertiary/aromatic N) is 3. The lowest BCUT2D eigenvalue weighted by atomic mass is 10.0. The lowest BCUT2D eigenvalue weighted by Gasteiger charge is -2.12. The Kier molecular flexibility index (Phi) is 9.53. The van der Waals surface area contributed by atoms with Crippen molar-refractivity contribution in [3.63, 3.8) is 0 Å². The van der Waals surface area contributed by atoms with E-state index in [1.807, 2.05) is 18.2 Å². The van der Waals surface area contributed by atoms with E-state index in [0.29, 0.717) is 18.8 Å². The summed E-state index contributed by atoms with van der Waals surface area (Å²) in [6.07, 6.45) is 10.9. The van der Waals surface area contributed by atoms with E-state index in [0.717, 1.165) is 52.7 Å². The van der Waals surface area contributed by atoms with Gasteiger partial charge in [-0.3, -0.25) is 9.71 Å². The Morgan fingerprint density at radius 2 is 1.77 bits per heavy atom. The number of pyridine rings is 1. The quantitative estimate of drug-likeness (QED) is 0.182. The van der Waals surface area contributed by atoms with Crippen molar-refractivity contribution >= 4 is 27.2 Å². The van der Waals surface area contributed by atoms with Gasteiger partial charge >= 0.3 is 0 Å². The Labute approximate surface area is 240 Å². The topological polar surface area (TPSA) is 117 Å². The maximum atomic E-state index is 13.0. The van der Waals surface area contributed by atoms with Crippen molar-refractivity contribution in [2.24, 2.45) is 5.92 Å². The minimum Gasteiger partial charge on any atom is -0.387 e. The number of aliphatic hydroxyl groups is 1. The highest BCUT2D eigenvalue weighted by atomic mass is 32.2. The number of sulfonamides is 1. The van der Waals surface area contributed by atoms with Crippen molar-refractivity contribution in [1.29, 1.82) is 0 Å². The third-order valence-electron chi connectivity index (χ3n) is 7.33. The van der Waals surface area contributed by atoms with Gasteiger partial charge < -0.3 is 10.4 Å². The molecule has 0 amide bonds. The molecule has 0 bridgehead atoms. The van der Waals surface area contributed by atoms with Crippen LogP contribution in [0.2, 0.25) is 0 Å². The Hall–Kier alpha value is -3.18. The van der Waals surface area contributed by atoms with Gasteiger partial charge in [-0.25, -0.2) is 13.4 Å². The van der Waals surface area contributed by atoms with Crippen LogP contribution in [0.15, 0.2) is 78.0 Å². The summed E-state index contributed by atoms with van der Waals surface area (Å²) in [5.74, 6) is 1.69. The molecule has 1 atom stereocenters. The molecule has 1 aliphatic rings. The van der Waals surface area contributed by atoms with Gasteiger partial charge in [0, 0.05) is 42.2 Å². The van der Waals surface area contributed by atoms with Crippen LogP contribution in [0.3, 0.4) is 0 Å². The molecule has 10 heteroatoms. The van der Waals surface area contributed by atoms with E-state index >= 15 is 0 Å². The summed E-state index contributed by atoms with van der Waals surface area (Å²) in [7, 11) is -3.72.